The van der Waals surface area contributed by atoms with Gasteiger partial charge in [-0.25, -0.2) is 0 Å². The quantitative estimate of drug-likeness (QED) is 0.364. The van der Waals surface area contributed by atoms with E-state index in [9.17, 15) is 4.79 Å². The van der Waals surface area contributed by atoms with Crippen LogP contribution in [0.25, 0.3) is 21.1 Å². The maximum atomic E-state index is 12.9. The van der Waals surface area contributed by atoms with Gasteiger partial charge in [0.15, 0.2) is 0 Å². The molecule has 4 aromatic rings. The smallest absolute Gasteiger partial charge is 0.285 e. The van der Waals surface area contributed by atoms with Crippen LogP contribution in [-0.4, -0.2) is 15.8 Å². The van der Waals surface area contributed by atoms with Crippen molar-refractivity contribution in [3.8, 4) is 21.1 Å². The van der Waals surface area contributed by atoms with Crippen molar-refractivity contribution in [2.75, 3.05) is 0 Å². The summed E-state index contributed by atoms with van der Waals surface area (Å²) >= 11 is 1.48. The van der Waals surface area contributed by atoms with E-state index in [2.05, 4.69) is 9.97 Å². The Hall–Kier alpha value is -3.24. The minimum atomic E-state index is -0.173. The molecule has 3 aromatic carbocycles. The number of carbonyl (C=O) groups is 1. The van der Waals surface area contributed by atoms with Gasteiger partial charge in [-0.15, -0.1) is 0 Å². The molecule has 0 unspecified atom stereocenters. The van der Waals surface area contributed by atoms with Crippen LogP contribution < -0.4 is 0 Å². The Morgan fingerprint density at radius 2 is 1.04 bits per heavy atom. The van der Waals surface area contributed by atoms with E-state index in [1.807, 2.05) is 78.9 Å². The summed E-state index contributed by atoms with van der Waals surface area (Å²) in [6.07, 6.45) is 0. The van der Waals surface area contributed by atoms with Crippen molar-refractivity contribution in [2.24, 2.45) is 0 Å². The Morgan fingerprint density at radius 3 is 1.50 bits per heavy atom. The van der Waals surface area contributed by atoms with Crippen LogP contribution in [0.5, 0.6) is 0 Å². The monoisotopic (exact) mass is 355 g/mol. The zero-order chi connectivity index (χ0) is 17.8. The highest BCUT2D eigenvalue weighted by Gasteiger charge is 2.25. The Labute approximate surface area is 155 Å². The maximum Gasteiger partial charge on any atom is 0.335 e. The summed E-state index contributed by atoms with van der Waals surface area (Å²) < 4.78 is 0. The topological polar surface area (TPSA) is 42.9 Å². The van der Waals surface area contributed by atoms with Gasteiger partial charge < -0.3 is 0 Å². The number of hydrogen-bond acceptors (Lipinski definition) is 3. The first-order valence-corrected chi connectivity index (χ1v) is 9.06. The van der Waals surface area contributed by atoms with Crippen LogP contribution in [0.1, 0.15) is 16.2 Å². The molecule has 0 radical (unpaired) electrons. The number of carbonyl (C=O) groups excluding carboxylic acids is 1. The van der Waals surface area contributed by atoms with Crippen LogP contribution in [0.2, 0.25) is 0 Å². The molecule has 3 nitrogen and oxygen atoms in total. The fourth-order valence-corrected chi connectivity index (χ4v) is 3.54. The highest BCUT2D eigenvalue weighted by Crippen LogP contribution is 2.30. The van der Waals surface area contributed by atoms with Crippen molar-refractivity contribution >= 4 is 17.1 Å². The van der Waals surface area contributed by atoms with E-state index < -0.39 is 0 Å². The van der Waals surface area contributed by atoms with Crippen molar-refractivity contribution in [1.82, 2.24) is 9.97 Å². The molecular weight excluding hydrogens is 340 g/mol. The van der Waals surface area contributed by atoms with Crippen LogP contribution in [0.4, 0.5) is 0 Å². The molecule has 0 fully saturated rings. The molecular formula is C22H15N2OS+. The lowest BCUT2D eigenvalue weighted by Crippen LogP contribution is -2.08. The van der Waals surface area contributed by atoms with Crippen molar-refractivity contribution < 1.29 is 4.79 Å². The minimum Gasteiger partial charge on any atom is -0.285 e. The van der Waals surface area contributed by atoms with E-state index in [1.54, 1.807) is 12.1 Å². The van der Waals surface area contributed by atoms with Crippen LogP contribution in [0.3, 0.4) is 0 Å². The van der Waals surface area contributed by atoms with Gasteiger partial charge in [0.05, 0.1) is 11.1 Å². The Balaban J connectivity index is 1.87. The van der Waals surface area contributed by atoms with Crippen molar-refractivity contribution in [3.63, 3.8) is 0 Å². The number of aromatic nitrogens is 2. The molecule has 26 heavy (non-hydrogen) atoms. The predicted octanol–water partition coefficient (Wildman–Crippen LogP) is 5.38. The predicted molar refractivity (Wildman–Crippen MR) is 105 cm³/mol. The highest BCUT2D eigenvalue weighted by molar-refractivity contribution is 7.17. The average Bonchev–Trinajstić information content (AvgIpc) is 2.75. The molecule has 0 amide bonds. The highest BCUT2D eigenvalue weighted by atomic mass is 32.1. The standard InChI is InChI=1S/C22H15N2OS/c25-19(16-10-4-1-5-11-16)20-23-21(17-12-6-2-7-13-17)26-22(24-20)18-14-8-3-9-15-18/h1-15H/q+1. The largest absolute Gasteiger partial charge is 0.335 e. The molecule has 0 aliphatic carbocycles. The van der Waals surface area contributed by atoms with Crippen LogP contribution in [0, 0.1) is 0 Å². The molecule has 1 aromatic heterocycles. The fourth-order valence-electron chi connectivity index (χ4n) is 2.58. The molecule has 4 rings (SSSR count). The van der Waals surface area contributed by atoms with Crippen LogP contribution in [0.15, 0.2) is 91.0 Å². The number of ketones is 1. The molecule has 0 spiro atoms. The number of benzene rings is 3. The summed E-state index contributed by atoms with van der Waals surface area (Å²) in [6, 6.07) is 28.9. The molecule has 0 aliphatic rings. The van der Waals surface area contributed by atoms with Gasteiger partial charge in [-0.2, -0.15) is 9.97 Å². The summed E-state index contributed by atoms with van der Waals surface area (Å²) in [4.78, 5) is 22.0. The third kappa shape index (κ3) is 3.41. The van der Waals surface area contributed by atoms with E-state index in [0.29, 0.717) is 5.56 Å². The Morgan fingerprint density at radius 1 is 0.615 bits per heavy atom. The third-order valence-electron chi connectivity index (χ3n) is 3.89. The lowest BCUT2D eigenvalue weighted by molar-refractivity contribution is 0.103. The van der Waals surface area contributed by atoms with Crippen molar-refractivity contribution in [3.05, 3.63) is 102 Å². The van der Waals surface area contributed by atoms with E-state index >= 15 is 0 Å². The van der Waals surface area contributed by atoms with Gasteiger partial charge in [0.2, 0.25) is 11.6 Å². The normalized spacial score (nSPS) is 10.5. The SMILES string of the molecule is O=C(c1ccccc1)c1nc(-c2ccccc2)[s+]c(-c2ccccc2)n1. The third-order valence-corrected chi connectivity index (χ3v) is 4.93. The van der Waals surface area contributed by atoms with Gasteiger partial charge in [-0.3, -0.25) is 4.79 Å². The zero-order valence-electron chi connectivity index (χ0n) is 13.9. The summed E-state index contributed by atoms with van der Waals surface area (Å²) in [5.41, 5.74) is 2.53. The first-order chi connectivity index (χ1) is 12.8. The molecule has 124 valence electrons. The van der Waals surface area contributed by atoms with Gasteiger partial charge in [0.1, 0.15) is 0 Å². The summed E-state index contributed by atoms with van der Waals surface area (Å²) in [6.45, 7) is 0. The molecule has 0 N–H and O–H groups in total. The second-order valence-electron chi connectivity index (χ2n) is 5.69. The first kappa shape index (κ1) is 16.2. The molecule has 0 saturated heterocycles. The molecule has 0 bridgehead atoms. The summed E-state index contributed by atoms with van der Waals surface area (Å²) in [5, 5.41) is 1.55. The number of nitrogens with zero attached hydrogens (tertiary/aromatic N) is 2. The molecule has 0 saturated carbocycles. The Bertz CT molecular complexity index is 978. The van der Waals surface area contributed by atoms with E-state index in [1.165, 1.54) is 11.3 Å². The second-order valence-corrected chi connectivity index (χ2v) is 6.66. The molecule has 0 atom stereocenters. The average molecular weight is 355 g/mol. The molecule has 0 aliphatic heterocycles. The van der Waals surface area contributed by atoms with Crippen molar-refractivity contribution in [1.29, 1.82) is 0 Å². The van der Waals surface area contributed by atoms with Crippen LogP contribution in [-0.2, 0) is 0 Å². The lowest BCUT2D eigenvalue weighted by Gasteiger charge is -2.00. The van der Waals surface area contributed by atoms with E-state index in [4.69, 9.17) is 0 Å². The van der Waals surface area contributed by atoms with Gasteiger partial charge in [-0.05, 0) is 24.3 Å². The Kier molecular flexibility index (Phi) is 4.58. The number of rotatable bonds is 4. The number of hydrogen-bond donors (Lipinski definition) is 0. The van der Waals surface area contributed by atoms with E-state index in [-0.39, 0.29) is 11.6 Å². The minimum absolute atomic E-state index is 0.173. The van der Waals surface area contributed by atoms with Gasteiger partial charge in [0.25, 0.3) is 11.3 Å². The zero-order valence-corrected chi connectivity index (χ0v) is 14.7. The second kappa shape index (κ2) is 7.33. The summed E-state index contributed by atoms with van der Waals surface area (Å²) in [5.74, 6) is 0.0421. The van der Waals surface area contributed by atoms with E-state index in [0.717, 1.165) is 21.1 Å². The van der Waals surface area contributed by atoms with Gasteiger partial charge in [0, 0.05) is 5.56 Å². The first-order valence-electron chi connectivity index (χ1n) is 8.24. The molecule has 4 heteroatoms. The maximum absolute atomic E-state index is 12.9. The van der Waals surface area contributed by atoms with Crippen molar-refractivity contribution in [2.45, 2.75) is 0 Å². The van der Waals surface area contributed by atoms with Gasteiger partial charge in [-0.1, -0.05) is 66.7 Å². The molecule has 1 heterocycles. The lowest BCUT2D eigenvalue weighted by atomic mass is 10.1. The van der Waals surface area contributed by atoms with Crippen LogP contribution >= 0.6 is 11.3 Å². The fraction of sp³-hybridized carbons (Fsp3) is 0. The van der Waals surface area contributed by atoms with Gasteiger partial charge >= 0.3 is 10.0 Å². The summed E-state index contributed by atoms with van der Waals surface area (Å²) in [7, 11) is 0.